The molecule has 5 heteroatoms. The zero-order valence-corrected chi connectivity index (χ0v) is 13.9. The molecule has 0 aliphatic rings. The Labute approximate surface area is 130 Å². The average Bonchev–Trinajstić information content (AvgIpc) is 2.93. The first kappa shape index (κ1) is 13.1. The molecule has 0 bridgehead atoms. The minimum absolute atomic E-state index is 0.107. The van der Waals surface area contributed by atoms with Crippen LogP contribution in [0.5, 0.6) is 0 Å². The summed E-state index contributed by atoms with van der Waals surface area (Å²) in [6.07, 6.45) is 0. The van der Waals surface area contributed by atoms with E-state index in [-0.39, 0.29) is 5.78 Å². The fourth-order valence-electron chi connectivity index (χ4n) is 1.95. The summed E-state index contributed by atoms with van der Waals surface area (Å²) < 4.78 is 7.42. The normalized spacial score (nSPS) is 11.1. The van der Waals surface area contributed by atoms with Crippen LogP contribution in [-0.4, -0.2) is 5.78 Å². The molecule has 1 aromatic carbocycles. The van der Waals surface area contributed by atoms with Crippen molar-refractivity contribution in [3.05, 3.63) is 54.8 Å². The number of hydrogen-bond acceptors (Lipinski definition) is 3. The second-order valence-electron chi connectivity index (χ2n) is 4.17. The molecule has 0 atom stereocenters. The third kappa shape index (κ3) is 2.30. The number of ketones is 1. The summed E-state index contributed by atoms with van der Waals surface area (Å²) in [5, 5.41) is 0.953. The summed E-state index contributed by atoms with van der Waals surface area (Å²) in [7, 11) is 0. The van der Waals surface area contributed by atoms with Crippen molar-refractivity contribution in [1.82, 2.24) is 0 Å². The lowest BCUT2D eigenvalue weighted by Crippen LogP contribution is -1.97. The van der Waals surface area contributed by atoms with E-state index in [4.69, 9.17) is 4.42 Å². The standard InChI is InChI=1S/C14H8Br2O2S/c1-7-3-2-4-8-5-10(18-13(7)8)12(17)9-6-11(15)19-14(9)16/h2-6H,1H3. The minimum Gasteiger partial charge on any atom is -0.452 e. The van der Waals surface area contributed by atoms with E-state index in [1.165, 1.54) is 11.3 Å². The number of carbonyl (C=O) groups excluding carboxylic acids is 1. The lowest BCUT2D eigenvalue weighted by Gasteiger charge is -1.94. The summed E-state index contributed by atoms with van der Waals surface area (Å²) in [6.45, 7) is 1.97. The van der Waals surface area contributed by atoms with Crippen molar-refractivity contribution in [3.63, 3.8) is 0 Å². The largest absolute Gasteiger partial charge is 0.452 e. The van der Waals surface area contributed by atoms with E-state index in [1.807, 2.05) is 25.1 Å². The van der Waals surface area contributed by atoms with Gasteiger partial charge >= 0.3 is 0 Å². The molecular weight excluding hydrogens is 392 g/mol. The Morgan fingerprint density at radius 3 is 2.68 bits per heavy atom. The van der Waals surface area contributed by atoms with E-state index in [2.05, 4.69) is 31.9 Å². The summed E-state index contributed by atoms with van der Waals surface area (Å²) in [6, 6.07) is 9.47. The number of aryl methyl sites for hydroxylation is 1. The van der Waals surface area contributed by atoms with Crippen LogP contribution in [0.4, 0.5) is 0 Å². The summed E-state index contributed by atoms with van der Waals surface area (Å²) in [5.41, 5.74) is 2.42. The average molecular weight is 400 g/mol. The fraction of sp³-hybridized carbons (Fsp3) is 0.0714. The van der Waals surface area contributed by atoms with E-state index in [0.29, 0.717) is 11.3 Å². The minimum atomic E-state index is -0.107. The maximum Gasteiger partial charge on any atom is 0.230 e. The van der Waals surface area contributed by atoms with Gasteiger partial charge in [0.05, 0.1) is 13.1 Å². The molecule has 19 heavy (non-hydrogen) atoms. The van der Waals surface area contributed by atoms with Gasteiger partial charge in [-0.1, -0.05) is 18.2 Å². The highest BCUT2D eigenvalue weighted by Gasteiger charge is 2.19. The van der Waals surface area contributed by atoms with E-state index in [0.717, 1.165) is 24.1 Å². The van der Waals surface area contributed by atoms with Crippen LogP contribution >= 0.6 is 43.2 Å². The molecule has 0 saturated heterocycles. The number of furan rings is 1. The van der Waals surface area contributed by atoms with Crippen LogP contribution in [0.15, 0.2) is 42.3 Å². The number of thiophene rings is 1. The zero-order chi connectivity index (χ0) is 13.6. The Morgan fingerprint density at radius 2 is 2.05 bits per heavy atom. The Morgan fingerprint density at radius 1 is 1.26 bits per heavy atom. The highest BCUT2D eigenvalue weighted by atomic mass is 79.9. The molecule has 0 unspecified atom stereocenters. The highest BCUT2D eigenvalue weighted by molar-refractivity contribution is 9.12. The Hall–Kier alpha value is -0.910. The monoisotopic (exact) mass is 398 g/mol. The van der Waals surface area contributed by atoms with Crippen molar-refractivity contribution in [3.8, 4) is 0 Å². The van der Waals surface area contributed by atoms with Gasteiger partial charge in [-0.3, -0.25) is 4.79 Å². The number of rotatable bonds is 2. The number of para-hydroxylation sites is 1. The maximum absolute atomic E-state index is 12.4. The summed E-state index contributed by atoms with van der Waals surface area (Å²) >= 11 is 8.25. The highest BCUT2D eigenvalue weighted by Crippen LogP contribution is 2.34. The van der Waals surface area contributed by atoms with E-state index < -0.39 is 0 Å². The first-order valence-electron chi connectivity index (χ1n) is 5.55. The number of halogens is 2. The van der Waals surface area contributed by atoms with Gasteiger partial charge in [-0.25, -0.2) is 0 Å². The molecule has 0 spiro atoms. The second-order valence-corrected chi connectivity index (χ2v) is 7.92. The lowest BCUT2D eigenvalue weighted by atomic mass is 10.1. The van der Waals surface area contributed by atoms with Crippen LogP contribution in [-0.2, 0) is 0 Å². The van der Waals surface area contributed by atoms with Crippen LogP contribution in [0.25, 0.3) is 11.0 Å². The van der Waals surface area contributed by atoms with Gasteiger partial charge in [0.1, 0.15) is 5.58 Å². The maximum atomic E-state index is 12.4. The Kier molecular flexibility index (Phi) is 3.37. The van der Waals surface area contributed by atoms with Gasteiger partial charge in [-0.2, -0.15) is 0 Å². The molecule has 0 fully saturated rings. The van der Waals surface area contributed by atoms with Gasteiger partial charge in [0.15, 0.2) is 5.76 Å². The fourth-order valence-corrected chi connectivity index (χ4v) is 4.74. The molecule has 0 amide bonds. The quantitative estimate of drug-likeness (QED) is 0.528. The lowest BCUT2D eigenvalue weighted by molar-refractivity contribution is 0.101. The van der Waals surface area contributed by atoms with Gasteiger partial charge in [-0.05, 0) is 56.5 Å². The van der Waals surface area contributed by atoms with Crippen molar-refractivity contribution in [1.29, 1.82) is 0 Å². The van der Waals surface area contributed by atoms with Crippen LogP contribution in [0.2, 0.25) is 0 Å². The zero-order valence-electron chi connectivity index (χ0n) is 9.87. The van der Waals surface area contributed by atoms with Gasteiger partial charge in [0.2, 0.25) is 5.78 Å². The molecule has 2 aromatic heterocycles. The van der Waals surface area contributed by atoms with E-state index in [9.17, 15) is 4.79 Å². The molecule has 2 nitrogen and oxygen atoms in total. The molecule has 2 heterocycles. The predicted octanol–water partition coefficient (Wildman–Crippen LogP) is 5.56. The molecule has 0 radical (unpaired) electrons. The third-order valence-electron chi connectivity index (χ3n) is 2.87. The van der Waals surface area contributed by atoms with Crippen LogP contribution in [0.3, 0.4) is 0 Å². The van der Waals surface area contributed by atoms with E-state index >= 15 is 0 Å². The molecule has 0 saturated carbocycles. The van der Waals surface area contributed by atoms with E-state index in [1.54, 1.807) is 12.1 Å². The smallest absolute Gasteiger partial charge is 0.230 e. The summed E-state index contributed by atoms with van der Waals surface area (Å²) in [4.78, 5) is 12.4. The van der Waals surface area contributed by atoms with Gasteiger partial charge in [0.25, 0.3) is 0 Å². The van der Waals surface area contributed by atoms with Gasteiger partial charge < -0.3 is 4.42 Å². The van der Waals surface area contributed by atoms with Crippen molar-refractivity contribution < 1.29 is 9.21 Å². The van der Waals surface area contributed by atoms with Crippen LogP contribution in [0, 0.1) is 6.92 Å². The molecule has 96 valence electrons. The third-order valence-corrected chi connectivity index (χ3v) is 5.21. The molecule has 0 N–H and O–H groups in total. The second kappa shape index (κ2) is 4.89. The number of benzene rings is 1. The molecular formula is C14H8Br2O2S. The SMILES string of the molecule is Cc1cccc2cc(C(=O)c3cc(Br)sc3Br)oc12. The topological polar surface area (TPSA) is 30.2 Å². The van der Waals surface area contributed by atoms with Crippen molar-refractivity contribution >= 4 is 59.9 Å². The first-order chi connectivity index (χ1) is 9.06. The van der Waals surface area contributed by atoms with Gasteiger partial charge in [0, 0.05) is 5.39 Å². The van der Waals surface area contributed by atoms with Gasteiger partial charge in [-0.15, -0.1) is 11.3 Å². The Balaban J connectivity index is 2.12. The number of fused-ring (bicyclic) bond motifs is 1. The first-order valence-corrected chi connectivity index (χ1v) is 7.95. The van der Waals surface area contributed by atoms with Crippen LogP contribution in [0.1, 0.15) is 21.7 Å². The summed E-state index contributed by atoms with van der Waals surface area (Å²) in [5.74, 6) is 0.264. The van der Waals surface area contributed by atoms with Crippen LogP contribution < -0.4 is 0 Å². The van der Waals surface area contributed by atoms with Crippen molar-refractivity contribution in [2.75, 3.05) is 0 Å². The van der Waals surface area contributed by atoms with Crippen molar-refractivity contribution in [2.45, 2.75) is 6.92 Å². The van der Waals surface area contributed by atoms with Crippen molar-refractivity contribution in [2.24, 2.45) is 0 Å². The molecule has 3 rings (SSSR count). The molecule has 0 aliphatic heterocycles. The molecule has 3 aromatic rings. The number of carbonyl (C=O) groups is 1. The molecule has 0 aliphatic carbocycles. The predicted molar refractivity (Wildman–Crippen MR) is 84.1 cm³/mol. The Bertz CT molecular complexity index is 786. The number of hydrogen-bond donors (Lipinski definition) is 0.